The molecule has 0 spiro atoms. The summed E-state index contributed by atoms with van der Waals surface area (Å²) in [6.07, 6.45) is 8.08. The molecular weight excluding hydrogens is 306 g/mol. The predicted molar refractivity (Wildman–Crippen MR) is 93.3 cm³/mol. The number of nitrogens with one attached hydrogen (secondary N) is 2. The first kappa shape index (κ1) is 19.7. The number of carbonyl (C=O) groups is 2. The number of carbonyl (C=O) groups excluding carboxylic acids is 2. The third-order valence-electron chi connectivity index (χ3n) is 3.46. The van der Waals surface area contributed by atoms with Crippen LogP contribution in [0.4, 0.5) is 5.69 Å². The van der Waals surface area contributed by atoms with E-state index in [0.29, 0.717) is 25.8 Å². The van der Waals surface area contributed by atoms with Crippen molar-refractivity contribution in [2.24, 2.45) is 0 Å². The third-order valence-corrected chi connectivity index (χ3v) is 3.46. The number of benzene rings is 1. The molecule has 0 aliphatic carbocycles. The largest absolute Gasteiger partial charge is 0.326 e. The highest BCUT2D eigenvalue weighted by Gasteiger charge is 2.05. The summed E-state index contributed by atoms with van der Waals surface area (Å²) in [7, 11) is 1.95. The number of nitrogens with zero attached hydrogens (tertiary/aromatic N) is 1. The molecule has 0 aliphatic heterocycles. The van der Waals surface area contributed by atoms with Crippen LogP contribution in [0.25, 0.3) is 0 Å². The van der Waals surface area contributed by atoms with Gasteiger partial charge >= 0.3 is 0 Å². The van der Waals surface area contributed by atoms with Gasteiger partial charge in [-0.2, -0.15) is 0 Å². The number of hydroxylamine groups is 1. The molecule has 3 N–H and O–H groups in total. The van der Waals surface area contributed by atoms with Gasteiger partial charge in [0.15, 0.2) is 0 Å². The Hall–Kier alpha value is -2.36. The van der Waals surface area contributed by atoms with E-state index in [1.165, 1.54) is 0 Å². The summed E-state index contributed by atoms with van der Waals surface area (Å²) in [6.45, 7) is 1.30. The highest BCUT2D eigenvalue weighted by atomic mass is 16.5. The van der Waals surface area contributed by atoms with Crippen LogP contribution >= 0.6 is 0 Å². The molecule has 0 unspecified atom stereocenters. The minimum atomic E-state index is -0.397. The van der Waals surface area contributed by atoms with E-state index < -0.39 is 5.91 Å². The highest BCUT2D eigenvalue weighted by molar-refractivity contribution is 5.90. The molecule has 6 nitrogen and oxygen atoms in total. The quantitative estimate of drug-likeness (QED) is 0.265. The average molecular weight is 331 g/mol. The SMILES string of the molecule is C#CCN(C)Cc1cccc(NC(=O)CCCCCC(=O)NO)c1. The normalized spacial score (nSPS) is 10.2. The van der Waals surface area contributed by atoms with Crippen molar-refractivity contribution in [3.63, 3.8) is 0 Å². The minimum Gasteiger partial charge on any atom is -0.326 e. The molecule has 0 radical (unpaired) electrons. The van der Waals surface area contributed by atoms with Gasteiger partial charge in [-0.15, -0.1) is 6.42 Å². The van der Waals surface area contributed by atoms with E-state index >= 15 is 0 Å². The number of amides is 2. The number of hydrogen-bond donors (Lipinski definition) is 3. The molecule has 24 heavy (non-hydrogen) atoms. The Morgan fingerprint density at radius 1 is 1.21 bits per heavy atom. The maximum atomic E-state index is 11.9. The van der Waals surface area contributed by atoms with Crippen LogP contribution in [0.1, 0.15) is 37.7 Å². The minimum absolute atomic E-state index is 0.0456. The van der Waals surface area contributed by atoms with Gasteiger partial charge in [-0.3, -0.25) is 19.7 Å². The average Bonchev–Trinajstić information content (AvgIpc) is 2.54. The van der Waals surface area contributed by atoms with E-state index in [1.54, 1.807) is 5.48 Å². The van der Waals surface area contributed by atoms with Crippen molar-refractivity contribution < 1.29 is 14.8 Å². The van der Waals surface area contributed by atoms with Crippen LogP contribution in [0.5, 0.6) is 0 Å². The first-order valence-electron chi connectivity index (χ1n) is 7.99. The Morgan fingerprint density at radius 3 is 2.58 bits per heavy atom. The van der Waals surface area contributed by atoms with Crippen molar-refractivity contribution in [1.29, 1.82) is 0 Å². The maximum absolute atomic E-state index is 11.9. The first-order chi connectivity index (χ1) is 11.5. The predicted octanol–water partition coefficient (Wildman–Crippen LogP) is 2.15. The Labute approximate surface area is 143 Å². The van der Waals surface area contributed by atoms with Gasteiger partial charge in [0, 0.05) is 25.1 Å². The molecule has 6 heteroatoms. The number of unbranched alkanes of at least 4 members (excludes halogenated alkanes) is 2. The topological polar surface area (TPSA) is 81.7 Å². The number of rotatable bonds is 10. The van der Waals surface area contributed by atoms with Gasteiger partial charge in [-0.1, -0.05) is 24.5 Å². The zero-order chi connectivity index (χ0) is 17.8. The van der Waals surface area contributed by atoms with Gasteiger partial charge < -0.3 is 5.32 Å². The molecule has 2 amide bonds. The zero-order valence-corrected chi connectivity index (χ0v) is 14.0. The molecule has 0 fully saturated rings. The molecule has 130 valence electrons. The lowest BCUT2D eigenvalue weighted by Gasteiger charge is -2.14. The lowest BCUT2D eigenvalue weighted by molar-refractivity contribution is -0.129. The summed E-state index contributed by atoms with van der Waals surface area (Å²) < 4.78 is 0. The number of anilines is 1. The molecule has 0 aromatic heterocycles. The molecule has 0 heterocycles. The summed E-state index contributed by atoms with van der Waals surface area (Å²) in [5.74, 6) is 2.15. The van der Waals surface area contributed by atoms with Crippen LogP contribution in [-0.2, 0) is 16.1 Å². The fourth-order valence-corrected chi connectivity index (χ4v) is 2.30. The summed E-state index contributed by atoms with van der Waals surface area (Å²) in [5, 5.41) is 11.3. The monoisotopic (exact) mass is 331 g/mol. The van der Waals surface area contributed by atoms with Gasteiger partial charge in [0.2, 0.25) is 11.8 Å². The Kier molecular flexibility index (Phi) is 9.20. The molecule has 0 atom stereocenters. The highest BCUT2D eigenvalue weighted by Crippen LogP contribution is 2.13. The van der Waals surface area contributed by atoms with E-state index in [1.807, 2.05) is 36.2 Å². The second-order valence-corrected chi connectivity index (χ2v) is 5.72. The Bertz CT molecular complexity index is 581. The lowest BCUT2D eigenvalue weighted by Crippen LogP contribution is -2.18. The van der Waals surface area contributed by atoms with Crippen LogP contribution in [0, 0.1) is 12.3 Å². The van der Waals surface area contributed by atoms with E-state index in [-0.39, 0.29) is 12.3 Å². The maximum Gasteiger partial charge on any atom is 0.243 e. The fourth-order valence-electron chi connectivity index (χ4n) is 2.30. The van der Waals surface area contributed by atoms with E-state index in [9.17, 15) is 9.59 Å². The molecule has 1 aromatic carbocycles. The second kappa shape index (κ2) is 11.2. The zero-order valence-electron chi connectivity index (χ0n) is 14.0. The van der Waals surface area contributed by atoms with Gasteiger partial charge in [0.1, 0.15) is 0 Å². The summed E-state index contributed by atoms with van der Waals surface area (Å²) in [6, 6.07) is 7.70. The first-order valence-corrected chi connectivity index (χ1v) is 7.99. The summed E-state index contributed by atoms with van der Waals surface area (Å²) >= 11 is 0. The van der Waals surface area contributed by atoms with E-state index in [4.69, 9.17) is 11.6 Å². The van der Waals surface area contributed by atoms with Gasteiger partial charge in [-0.05, 0) is 37.6 Å². The Balaban J connectivity index is 2.34. The van der Waals surface area contributed by atoms with Gasteiger partial charge in [0.25, 0.3) is 0 Å². The van der Waals surface area contributed by atoms with Crippen LogP contribution in [0.15, 0.2) is 24.3 Å². The Morgan fingerprint density at radius 2 is 1.92 bits per heavy atom. The number of terminal acetylenes is 1. The summed E-state index contributed by atoms with van der Waals surface area (Å²) in [4.78, 5) is 24.8. The van der Waals surface area contributed by atoms with Crippen molar-refractivity contribution in [3.8, 4) is 12.3 Å². The van der Waals surface area contributed by atoms with Crippen molar-refractivity contribution in [3.05, 3.63) is 29.8 Å². The third kappa shape index (κ3) is 8.32. The molecule has 1 aromatic rings. The van der Waals surface area contributed by atoms with Crippen LogP contribution in [0.3, 0.4) is 0 Å². The van der Waals surface area contributed by atoms with Crippen LogP contribution < -0.4 is 10.8 Å². The van der Waals surface area contributed by atoms with E-state index in [0.717, 1.165) is 24.2 Å². The van der Waals surface area contributed by atoms with Crippen molar-refractivity contribution >= 4 is 17.5 Å². The number of hydrogen-bond acceptors (Lipinski definition) is 4. The van der Waals surface area contributed by atoms with Crippen molar-refractivity contribution in [2.45, 2.75) is 38.6 Å². The molecule has 0 bridgehead atoms. The molecule has 0 aliphatic rings. The molecule has 0 saturated carbocycles. The van der Waals surface area contributed by atoms with Crippen LogP contribution in [0.2, 0.25) is 0 Å². The molecule has 0 saturated heterocycles. The van der Waals surface area contributed by atoms with Crippen molar-refractivity contribution in [2.75, 3.05) is 18.9 Å². The molecule has 1 rings (SSSR count). The van der Waals surface area contributed by atoms with Crippen LogP contribution in [-0.4, -0.2) is 35.5 Å². The lowest BCUT2D eigenvalue weighted by atomic mass is 10.1. The van der Waals surface area contributed by atoms with Gasteiger partial charge in [-0.25, -0.2) is 5.48 Å². The smallest absolute Gasteiger partial charge is 0.243 e. The second-order valence-electron chi connectivity index (χ2n) is 5.72. The summed E-state index contributed by atoms with van der Waals surface area (Å²) in [5.41, 5.74) is 3.44. The van der Waals surface area contributed by atoms with Gasteiger partial charge in [0.05, 0.1) is 6.54 Å². The molecular formula is C18H25N3O3. The fraction of sp³-hybridized carbons (Fsp3) is 0.444. The standard InChI is InChI=1S/C18H25N3O3/c1-3-12-21(2)14-15-8-7-9-16(13-15)19-17(22)10-5-4-6-11-18(23)20-24/h1,7-9,13,24H,4-6,10-12,14H2,2H3,(H,19,22)(H,20,23). The van der Waals surface area contributed by atoms with E-state index in [2.05, 4.69) is 11.2 Å². The van der Waals surface area contributed by atoms with Crippen molar-refractivity contribution in [1.82, 2.24) is 10.4 Å².